The third kappa shape index (κ3) is 2.85. The summed E-state index contributed by atoms with van der Waals surface area (Å²) in [6, 6.07) is 0.210. The van der Waals surface area contributed by atoms with E-state index in [1.807, 2.05) is 19.1 Å². The molecular formula is C9H14FN. The third-order valence-electron chi connectivity index (χ3n) is 1.72. The Balaban J connectivity index is 2.33. The molecule has 1 rings (SSSR count). The Labute approximate surface area is 67.0 Å². The molecule has 0 aliphatic carbocycles. The minimum Gasteiger partial charge on any atom is -0.308 e. The van der Waals surface area contributed by atoms with Gasteiger partial charge in [-0.25, -0.2) is 4.39 Å². The highest BCUT2D eigenvalue weighted by atomic mass is 19.1. The van der Waals surface area contributed by atoms with Crippen molar-refractivity contribution in [2.45, 2.75) is 25.6 Å². The molecule has 0 radical (unpaired) electrons. The second kappa shape index (κ2) is 3.67. The first kappa shape index (κ1) is 8.47. The lowest BCUT2D eigenvalue weighted by molar-refractivity contribution is 0.358. The quantitative estimate of drug-likeness (QED) is 0.600. The number of halogens is 1. The minimum absolute atomic E-state index is 0.210. The summed E-state index contributed by atoms with van der Waals surface area (Å²) in [5.74, 6) is 0. The Morgan fingerprint density at radius 3 is 2.91 bits per heavy atom. The molecular weight excluding hydrogens is 141 g/mol. The highest BCUT2D eigenvalue weighted by Crippen LogP contribution is 2.11. The Bertz CT molecular complexity index is 174. The fourth-order valence-electron chi connectivity index (χ4n) is 1.15. The average molecular weight is 155 g/mol. The molecule has 1 nitrogen and oxygen atoms in total. The molecule has 0 amide bonds. The predicted octanol–water partition coefficient (Wildman–Crippen LogP) is 1.82. The first-order chi connectivity index (χ1) is 5.18. The lowest BCUT2D eigenvalue weighted by Crippen LogP contribution is -2.18. The van der Waals surface area contributed by atoms with Crippen molar-refractivity contribution in [3.8, 4) is 0 Å². The van der Waals surface area contributed by atoms with Gasteiger partial charge in [0.15, 0.2) is 0 Å². The zero-order valence-electron chi connectivity index (χ0n) is 6.81. The number of hydrogen-bond acceptors (Lipinski definition) is 1. The molecule has 0 aromatic heterocycles. The van der Waals surface area contributed by atoms with Crippen LogP contribution in [0.1, 0.15) is 13.3 Å². The number of nitrogens with one attached hydrogen (secondary N) is 1. The summed E-state index contributed by atoms with van der Waals surface area (Å²) in [6.45, 7) is 6.15. The van der Waals surface area contributed by atoms with E-state index >= 15 is 0 Å². The number of rotatable bonds is 2. The summed E-state index contributed by atoms with van der Waals surface area (Å²) >= 11 is 0. The van der Waals surface area contributed by atoms with Crippen LogP contribution in [-0.2, 0) is 0 Å². The van der Waals surface area contributed by atoms with Gasteiger partial charge in [0.25, 0.3) is 0 Å². The van der Waals surface area contributed by atoms with Crippen LogP contribution >= 0.6 is 0 Å². The topological polar surface area (TPSA) is 12.0 Å². The SMILES string of the molecule is C=C(C)/C=C/C1CC(F)CN1. The maximum absolute atomic E-state index is 12.6. The van der Waals surface area contributed by atoms with Crippen LogP contribution in [0.15, 0.2) is 24.3 Å². The number of hydrogen-bond donors (Lipinski definition) is 1. The zero-order valence-corrected chi connectivity index (χ0v) is 6.81. The van der Waals surface area contributed by atoms with Crippen LogP contribution in [0.4, 0.5) is 4.39 Å². The molecule has 0 spiro atoms. The molecule has 1 aliphatic heterocycles. The molecule has 1 heterocycles. The second-order valence-electron chi connectivity index (χ2n) is 3.05. The summed E-state index contributed by atoms with van der Waals surface area (Å²) in [7, 11) is 0. The highest BCUT2D eigenvalue weighted by molar-refractivity contribution is 5.14. The molecule has 1 fully saturated rings. The van der Waals surface area contributed by atoms with Crippen molar-refractivity contribution in [3.63, 3.8) is 0 Å². The Morgan fingerprint density at radius 1 is 1.73 bits per heavy atom. The molecule has 2 unspecified atom stereocenters. The molecule has 1 N–H and O–H groups in total. The van der Waals surface area contributed by atoms with Gasteiger partial charge in [0.2, 0.25) is 0 Å². The highest BCUT2D eigenvalue weighted by Gasteiger charge is 2.20. The van der Waals surface area contributed by atoms with Gasteiger partial charge in [-0.15, -0.1) is 0 Å². The van der Waals surface area contributed by atoms with Crippen molar-refractivity contribution in [2.24, 2.45) is 0 Å². The van der Waals surface area contributed by atoms with Gasteiger partial charge < -0.3 is 5.32 Å². The second-order valence-corrected chi connectivity index (χ2v) is 3.05. The van der Waals surface area contributed by atoms with Crippen LogP contribution in [0.3, 0.4) is 0 Å². The van der Waals surface area contributed by atoms with Crippen molar-refractivity contribution in [3.05, 3.63) is 24.3 Å². The molecule has 0 aromatic rings. The molecule has 0 saturated carbocycles. The molecule has 1 aliphatic rings. The summed E-state index contributed by atoms with van der Waals surface area (Å²) in [6.07, 6.45) is 3.83. The third-order valence-corrected chi connectivity index (χ3v) is 1.72. The summed E-state index contributed by atoms with van der Waals surface area (Å²) in [5.41, 5.74) is 1.01. The monoisotopic (exact) mass is 155 g/mol. The Kier molecular flexibility index (Phi) is 2.83. The maximum atomic E-state index is 12.6. The minimum atomic E-state index is -0.672. The first-order valence-electron chi connectivity index (χ1n) is 3.89. The van der Waals surface area contributed by atoms with Crippen molar-refractivity contribution >= 4 is 0 Å². The van der Waals surface area contributed by atoms with Crippen molar-refractivity contribution < 1.29 is 4.39 Å². The van der Waals surface area contributed by atoms with Crippen LogP contribution in [0.5, 0.6) is 0 Å². The summed E-state index contributed by atoms with van der Waals surface area (Å²) in [4.78, 5) is 0. The van der Waals surface area contributed by atoms with Crippen molar-refractivity contribution in [1.82, 2.24) is 5.32 Å². The molecule has 62 valence electrons. The van der Waals surface area contributed by atoms with E-state index in [1.54, 1.807) is 0 Å². The lowest BCUT2D eigenvalue weighted by Gasteiger charge is -2.00. The fourth-order valence-corrected chi connectivity index (χ4v) is 1.15. The number of allylic oxidation sites excluding steroid dienone is 2. The van der Waals surface area contributed by atoms with Crippen LogP contribution < -0.4 is 5.32 Å². The van der Waals surface area contributed by atoms with E-state index in [4.69, 9.17) is 0 Å². The lowest BCUT2D eigenvalue weighted by atomic mass is 10.2. The van der Waals surface area contributed by atoms with E-state index < -0.39 is 6.17 Å². The summed E-state index contributed by atoms with van der Waals surface area (Å²) < 4.78 is 12.6. The van der Waals surface area contributed by atoms with E-state index in [0.717, 1.165) is 5.57 Å². The van der Waals surface area contributed by atoms with Gasteiger partial charge in [-0.3, -0.25) is 0 Å². The molecule has 11 heavy (non-hydrogen) atoms. The van der Waals surface area contributed by atoms with Crippen LogP contribution in [0.25, 0.3) is 0 Å². The van der Waals surface area contributed by atoms with Gasteiger partial charge in [0, 0.05) is 12.6 Å². The van der Waals surface area contributed by atoms with E-state index in [1.165, 1.54) is 0 Å². The normalized spacial score (nSPS) is 31.5. The molecule has 1 saturated heterocycles. The molecule has 0 bridgehead atoms. The van der Waals surface area contributed by atoms with E-state index in [0.29, 0.717) is 13.0 Å². The average Bonchev–Trinajstić information content (AvgIpc) is 2.31. The standard InChI is InChI=1S/C9H14FN/c1-7(2)3-4-9-5-8(10)6-11-9/h3-4,8-9,11H,1,5-6H2,2H3/b4-3+. The Hall–Kier alpha value is -0.630. The van der Waals surface area contributed by atoms with Gasteiger partial charge in [-0.2, -0.15) is 0 Å². The smallest absolute Gasteiger partial charge is 0.114 e. The maximum Gasteiger partial charge on any atom is 0.114 e. The fraction of sp³-hybridized carbons (Fsp3) is 0.556. The van der Waals surface area contributed by atoms with Crippen LogP contribution in [0.2, 0.25) is 0 Å². The van der Waals surface area contributed by atoms with Crippen molar-refractivity contribution in [2.75, 3.05) is 6.54 Å². The van der Waals surface area contributed by atoms with Gasteiger partial charge in [-0.1, -0.05) is 24.3 Å². The number of alkyl halides is 1. The van der Waals surface area contributed by atoms with E-state index in [2.05, 4.69) is 11.9 Å². The van der Waals surface area contributed by atoms with Gasteiger partial charge in [-0.05, 0) is 13.3 Å². The van der Waals surface area contributed by atoms with Gasteiger partial charge in [0.05, 0.1) is 0 Å². The van der Waals surface area contributed by atoms with Gasteiger partial charge in [0.1, 0.15) is 6.17 Å². The van der Waals surface area contributed by atoms with Gasteiger partial charge >= 0.3 is 0 Å². The zero-order chi connectivity index (χ0) is 8.27. The van der Waals surface area contributed by atoms with E-state index in [9.17, 15) is 4.39 Å². The summed E-state index contributed by atoms with van der Waals surface area (Å²) in [5, 5.41) is 3.06. The Morgan fingerprint density at radius 2 is 2.45 bits per heavy atom. The van der Waals surface area contributed by atoms with E-state index in [-0.39, 0.29) is 6.04 Å². The molecule has 2 heteroatoms. The van der Waals surface area contributed by atoms with Crippen molar-refractivity contribution in [1.29, 1.82) is 0 Å². The first-order valence-corrected chi connectivity index (χ1v) is 3.89. The molecule has 2 atom stereocenters. The van der Waals surface area contributed by atoms with Crippen LogP contribution in [0, 0.1) is 0 Å². The predicted molar refractivity (Wildman–Crippen MR) is 45.3 cm³/mol. The molecule has 0 aromatic carbocycles. The van der Waals surface area contributed by atoms with Crippen LogP contribution in [-0.4, -0.2) is 18.8 Å². The largest absolute Gasteiger partial charge is 0.308 e.